The zero-order valence-corrected chi connectivity index (χ0v) is 22.9. The van der Waals surface area contributed by atoms with Crippen molar-refractivity contribution in [1.82, 2.24) is 5.32 Å². The highest BCUT2D eigenvalue weighted by molar-refractivity contribution is 8.03. The smallest absolute Gasteiger partial charge is 0.337 e. The first-order chi connectivity index (χ1) is 18.9. The lowest BCUT2D eigenvalue weighted by Crippen LogP contribution is -2.29. The standard InChI is InChI=1S/C30H26ClN3O4S/c1-19-27(30(36)38-17-20-6-4-3-5-7-20)28(21-8-10-22(31)11-9-21)25(16-32)29(33-19)39-18-26(35)34-23-12-14-24(37-2)15-13-23/h3-15,28,33H,17-18H2,1-2H3,(H,34,35)/t28-/m1/s1. The maximum absolute atomic E-state index is 13.4. The van der Waals surface area contributed by atoms with E-state index in [0.717, 1.165) is 5.56 Å². The van der Waals surface area contributed by atoms with Gasteiger partial charge in [-0.25, -0.2) is 4.79 Å². The average Bonchev–Trinajstić information content (AvgIpc) is 2.96. The number of nitrogens with zero attached hydrogens (tertiary/aromatic N) is 1. The topological polar surface area (TPSA) is 100 Å². The van der Waals surface area contributed by atoms with Crippen LogP contribution in [0.15, 0.2) is 101 Å². The van der Waals surface area contributed by atoms with Crippen LogP contribution in [0.2, 0.25) is 5.02 Å². The highest BCUT2D eigenvalue weighted by atomic mass is 35.5. The number of nitriles is 1. The molecule has 1 aliphatic heterocycles. The molecule has 0 fully saturated rings. The predicted molar refractivity (Wildman–Crippen MR) is 153 cm³/mol. The summed E-state index contributed by atoms with van der Waals surface area (Å²) in [7, 11) is 1.57. The van der Waals surface area contributed by atoms with Crippen molar-refractivity contribution >= 4 is 40.9 Å². The zero-order chi connectivity index (χ0) is 27.8. The van der Waals surface area contributed by atoms with Gasteiger partial charge in [0.05, 0.1) is 41.0 Å². The molecule has 4 rings (SSSR count). The van der Waals surface area contributed by atoms with Crippen LogP contribution in [0, 0.1) is 11.3 Å². The first kappa shape index (κ1) is 27.8. The van der Waals surface area contributed by atoms with E-state index in [1.807, 2.05) is 30.3 Å². The Balaban J connectivity index is 1.56. The van der Waals surface area contributed by atoms with Gasteiger partial charge in [-0.05, 0) is 54.4 Å². The second-order valence-electron chi connectivity index (χ2n) is 8.63. The summed E-state index contributed by atoms with van der Waals surface area (Å²) in [6, 6.07) is 25.6. The third-order valence-corrected chi connectivity index (χ3v) is 7.27. The summed E-state index contributed by atoms with van der Waals surface area (Å²) in [4.78, 5) is 26.0. The molecule has 1 atom stereocenters. The van der Waals surface area contributed by atoms with E-state index >= 15 is 0 Å². The minimum Gasteiger partial charge on any atom is -0.497 e. The van der Waals surface area contributed by atoms with Crippen molar-refractivity contribution in [2.75, 3.05) is 18.2 Å². The number of amides is 1. The second kappa shape index (κ2) is 13.1. The molecule has 0 saturated heterocycles. The molecule has 9 heteroatoms. The normalized spacial score (nSPS) is 14.8. The Bertz CT molecular complexity index is 1450. The van der Waals surface area contributed by atoms with Gasteiger partial charge in [-0.2, -0.15) is 5.26 Å². The molecule has 3 aromatic carbocycles. The summed E-state index contributed by atoms with van der Waals surface area (Å²) in [6.07, 6.45) is 0. The number of hydrogen-bond donors (Lipinski definition) is 2. The molecular weight excluding hydrogens is 534 g/mol. The Hall–Kier alpha value is -4.19. The third kappa shape index (κ3) is 7.02. The maximum Gasteiger partial charge on any atom is 0.337 e. The van der Waals surface area contributed by atoms with Gasteiger partial charge >= 0.3 is 5.97 Å². The predicted octanol–water partition coefficient (Wildman–Crippen LogP) is 6.16. The summed E-state index contributed by atoms with van der Waals surface area (Å²) in [6.45, 7) is 1.86. The van der Waals surface area contributed by atoms with Gasteiger partial charge in [0.25, 0.3) is 0 Å². The van der Waals surface area contributed by atoms with Crippen LogP contribution >= 0.6 is 23.4 Å². The number of carbonyl (C=O) groups excluding carboxylic acids is 2. The quantitative estimate of drug-likeness (QED) is 0.303. The van der Waals surface area contributed by atoms with E-state index in [1.54, 1.807) is 62.6 Å². The fourth-order valence-corrected chi connectivity index (χ4v) is 5.11. The Morgan fingerprint density at radius 1 is 1.05 bits per heavy atom. The van der Waals surface area contributed by atoms with Gasteiger partial charge in [0.2, 0.25) is 5.91 Å². The molecule has 0 spiro atoms. The van der Waals surface area contributed by atoms with Crippen LogP contribution in [0.25, 0.3) is 0 Å². The molecule has 1 amide bonds. The lowest BCUT2D eigenvalue weighted by Gasteiger charge is -2.29. The van der Waals surface area contributed by atoms with Crippen molar-refractivity contribution in [3.8, 4) is 11.8 Å². The van der Waals surface area contributed by atoms with Gasteiger partial charge in [0.15, 0.2) is 0 Å². The molecule has 0 saturated carbocycles. The van der Waals surface area contributed by atoms with Crippen LogP contribution < -0.4 is 15.4 Å². The second-order valence-corrected chi connectivity index (χ2v) is 10.1. The first-order valence-electron chi connectivity index (χ1n) is 12.0. The van der Waals surface area contributed by atoms with E-state index in [1.165, 1.54) is 11.8 Å². The molecule has 0 aromatic heterocycles. The van der Waals surface area contributed by atoms with Crippen molar-refractivity contribution in [2.24, 2.45) is 0 Å². The molecule has 1 aliphatic rings. The SMILES string of the molecule is COc1ccc(NC(=O)CSC2=C(C#N)[C@@H](c3ccc(Cl)cc3)C(C(=O)OCc3ccccc3)=C(C)N2)cc1. The number of nitrogens with one attached hydrogen (secondary N) is 2. The van der Waals surface area contributed by atoms with Gasteiger partial charge < -0.3 is 20.1 Å². The first-order valence-corrected chi connectivity index (χ1v) is 13.4. The van der Waals surface area contributed by atoms with E-state index in [2.05, 4.69) is 16.7 Å². The van der Waals surface area contributed by atoms with Crippen LogP contribution in [0.5, 0.6) is 5.75 Å². The highest BCUT2D eigenvalue weighted by Gasteiger charge is 2.35. The van der Waals surface area contributed by atoms with Gasteiger partial charge in [0.1, 0.15) is 12.4 Å². The largest absolute Gasteiger partial charge is 0.497 e. The highest BCUT2D eigenvalue weighted by Crippen LogP contribution is 2.41. The molecule has 1 heterocycles. The van der Waals surface area contributed by atoms with Gasteiger partial charge in [-0.15, -0.1) is 0 Å². The minimum absolute atomic E-state index is 0.0496. The molecule has 3 aromatic rings. The van der Waals surface area contributed by atoms with Crippen molar-refractivity contribution in [3.63, 3.8) is 0 Å². The number of esters is 1. The van der Waals surface area contributed by atoms with Crippen molar-refractivity contribution in [1.29, 1.82) is 5.26 Å². The zero-order valence-electron chi connectivity index (χ0n) is 21.4. The maximum atomic E-state index is 13.4. The fourth-order valence-electron chi connectivity index (χ4n) is 4.10. The fraction of sp³-hybridized carbons (Fsp3) is 0.167. The van der Waals surface area contributed by atoms with Crippen LogP contribution in [0.1, 0.15) is 24.0 Å². The third-order valence-electron chi connectivity index (χ3n) is 6.00. The minimum atomic E-state index is -0.691. The lowest BCUT2D eigenvalue weighted by molar-refractivity contribution is -0.140. The lowest BCUT2D eigenvalue weighted by atomic mass is 9.82. The number of ether oxygens (including phenoxy) is 2. The van der Waals surface area contributed by atoms with E-state index in [0.29, 0.717) is 43.9 Å². The number of thioether (sulfide) groups is 1. The Morgan fingerprint density at radius 3 is 2.38 bits per heavy atom. The number of allylic oxidation sites excluding steroid dienone is 2. The van der Waals surface area contributed by atoms with Gasteiger partial charge in [-0.3, -0.25) is 4.79 Å². The molecule has 39 heavy (non-hydrogen) atoms. The number of methoxy groups -OCH3 is 1. The van der Waals surface area contributed by atoms with Crippen LogP contribution in [-0.4, -0.2) is 24.7 Å². The summed E-state index contributed by atoms with van der Waals surface area (Å²) < 4.78 is 10.8. The Labute approximate surface area is 236 Å². The van der Waals surface area contributed by atoms with Crippen LogP contribution in [-0.2, 0) is 20.9 Å². The van der Waals surface area contributed by atoms with Gasteiger partial charge in [0, 0.05) is 16.4 Å². The summed E-state index contributed by atoms with van der Waals surface area (Å²) in [5.74, 6) is -0.726. The Kier molecular flexibility index (Phi) is 9.31. The van der Waals surface area contributed by atoms with Crippen molar-refractivity contribution in [2.45, 2.75) is 19.4 Å². The number of rotatable bonds is 9. The number of dihydropyridines is 1. The Morgan fingerprint density at radius 2 is 1.74 bits per heavy atom. The molecule has 0 bridgehead atoms. The number of anilines is 1. The molecule has 2 N–H and O–H groups in total. The van der Waals surface area contributed by atoms with E-state index in [4.69, 9.17) is 21.1 Å². The van der Waals surface area contributed by atoms with Crippen molar-refractivity contribution < 1.29 is 19.1 Å². The van der Waals surface area contributed by atoms with E-state index in [-0.39, 0.29) is 18.3 Å². The summed E-state index contributed by atoms with van der Waals surface area (Å²) in [5, 5.41) is 17.3. The summed E-state index contributed by atoms with van der Waals surface area (Å²) >= 11 is 7.31. The molecule has 0 radical (unpaired) electrons. The molecule has 0 aliphatic carbocycles. The molecule has 7 nitrogen and oxygen atoms in total. The van der Waals surface area contributed by atoms with E-state index < -0.39 is 11.9 Å². The number of benzene rings is 3. The van der Waals surface area contributed by atoms with Crippen LogP contribution in [0.3, 0.4) is 0 Å². The number of carbonyl (C=O) groups is 2. The van der Waals surface area contributed by atoms with Gasteiger partial charge in [-0.1, -0.05) is 65.8 Å². The monoisotopic (exact) mass is 559 g/mol. The number of halogens is 1. The number of hydrogen-bond acceptors (Lipinski definition) is 7. The van der Waals surface area contributed by atoms with Crippen molar-refractivity contribution in [3.05, 3.63) is 117 Å². The van der Waals surface area contributed by atoms with E-state index in [9.17, 15) is 14.9 Å². The molecular formula is C30H26ClN3O4S. The summed E-state index contributed by atoms with van der Waals surface area (Å²) in [5.41, 5.74) is 3.39. The van der Waals surface area contributed by atoms with Crippen LogP contribution in [0.4, 0.5) is 5.69 Å². The average molecular weight is 560 g/mol. The molecule has 198 valence electrons. The molecule has 0 unspecified atom stereocenters.